The van der Waals surface area contributed by atoms with Crippen LogP contribution in [0, 0.1) is 0 Å². The van der Waals surface area contributed by atoms with Crippen LogP contribution < -0.4 is 5.32 Å². The molecule has 2 rings (SSSR count). The molecule has 1 aliphatic rings. The van der Waals surface area contributed by atoms with Gasteiger partial charge in [-0.05, 0) is 38.9 Å². The molecule has 0 aromatic heterocycles. The van der Waals surface area contributed by atoms with Gasteiger partial charge in [0.15, 0.2) is 0 Å². The van der Waals surface area contributed by atoms with Crippen molar-refractivity contribution in [1.82, 2.24) is 10.2 Å². The molecule has 1 aromatic carbocycles. The monoisotopic (exact) mass is 296 g/mol. The highest BCUT2D eigenvalue weighted by Crippen LogP contribution is 2.33. The molecule has 3 nitrogen and oxygen atoms in total. The van der Waals surface area contributed by atoms with Crippen LogP contribution in [0.3, 0.4) is 0 Å². The van der Waals surface area contributed by atoms with E-state index in [1.165, 1.54) is 5.56 Å². The Labute approximate surface area is 128 Å². The summed E-state index contributed by atoms with van der Waals surface area (Å²) in [6.45, 7) is 4.00. The molecule has 0 aliphatic carbocycles. The smallest absolute Gasteiger partial charge is 0.222 e. The number of likely N-dealkylation sites (tertiary alicyclic amines) is 1. The van der Waals surface area contributed by atoms with E-state index in [1.54, 1.807) is 0 Å². The van der Waals surface area contributed by atoms with Crippen LogP contribution >= 0.6 is 12.4 Å². The number of hydrogen-bond acceptors (Lipinski definition) is 2. The summed E-state index contributed by atoms with van der Waals surface area (Å²) in [5.41, 5.74) is 1.36. The summed E-state index contributed by atoms with van der Waals surface area (Å²) in [6.07, 6.45) is 2.67. The molecule has 4 heteroatoms. The highest BCUT2D eigenvalue weighted by Gasteiger charge is 2.33. The first-order valence-electron chi connectivity index (χ1n) is 7.23. The molecule has 1 amide bonds. The van der Waals surface area contributed by atoms with Gasteiger partial charge in [0.05, 0.1) is 0 Å². The SMILES string of the molecule is CNCCCC(=O)N1CCC(c2ccccc2)C1C.Cl. The van der Waals surface area contributed by atoms with Gasteiger partial charge in [0.1, 0.15) is 0 Å². The number of benzene rings is 1. The quantitative estimate of drug-likeness (QED) is 0.848. The fraction of sp³-hybridized carbons (Fsp3) is 0.562. The minimum absolute atomic E-state index is 0. The van der Waals surface area contributed by atoms with Crippen molar-refractivity contribution in [3.05, 3.63) is 35.9 Å². The maximum atomic E-state index is 12.2. The average molecular weight is 297 g/mol. The number of carbonyl (C=O) groups is 1. The lowest BCUT2D eigenvalue weighted by Gasteiger charge is -2.25. The molecule has 112 valence electrons. The fourth-order valence-corrected chi connectivity index (χ4v) is 3.00. The molecule has 2 atom stereocenters. The van der Waals surface area contributed by atoms with Crippen LogP contribution in [-0.2, 0) is 4.79 Å². The van der Waals surface area contributed by atoms with E-state index in [2.05, 4.69) is 41.4 Å². The molecule has 1 heterocycles. The van der Waals surface area contributed by atoms with Gasteiger partial charge in [-0.15, -0.1) is 12.4 Å². The van der Waals surface area contributed by atoms with Gasteiger partial charge in [-0.3, -0.25) is 4.79 Å². The van der Waals surface area contributed by atoms with Gasteiger partial charge in [0.2, 0.25) is 5.91 Å². The second kappa shape index (κ2) is 8.28. The lowest BCUT2D eigenvalue weighted by atomic mass is 9.93. The van der Waals surface area contributed by atoms with Crippen molar-refractivity contribution in [2.24, 2.45) is 0 Å². The minimum atomic E-state index is 0. The number of halogens is 1. The van der Waals surface area contributed by atoms with E-state index in [4.69, 9.17) is 0 Å². The molecule has 20 heavy (non-hydrogen) atoms. The van der Waals surface area contributed by atoms with E-state index in [1.807, 2.05) is 13.1 Å². The number of hydrogen-bond donors (Lipinski definition) is 1. The number of carbonyl (C=O) groups excluding carboxylic acids is 1. The Hall–Kier alpha value is -1.06. The largest absolute Gasteiger partial charge is 0.339 e. The molecule has 1 fully saturated rings. The highest BCUT2D eigenvalue weighted by atomic mass is 35.5. The summed E-state index contributed by atoms with van der Waals surface area (Å²) in [7, 11) is 1.92. The van der Waals surface area contributed by atoms with Crippen LogP contribution in [0.25, 0.3) is 0 Å². The summed E-state index contributed by atoms with van der Waals surface area (Å²) < 4.78 is 0. The summed E-state index contributed by atoms with van der Waals surface area (Å²) in [6, 6.07) is 10.9. The molecule has 0 bridgehead atoms. The van der Waals surface area contributed by atoms with Crippen LogP contribution in [0.15, 0.2) is 30.3 Å². The van der Waals surface area contributed by atoms with Crippen molar-refractivity contribution in [3.63, 3.8) is 0 Å². The molecule has 0 spiro atoms. The first-order chi connectivity index (χ1) is 9.24. The van der Waals surface area contributed by atoms with Gasteiger partial charge in [0, 0.05) is 24.9 Å². The fourth-order valence-electron chi connectivity index (χ4n) is 3.00. The Balaban J connectivity index is 0.00000200. The number of amides is 1. The summed E-state index contributed by atoms with van der Waals surface area (Å²) >= 11 is 0. The molecule has 2 unspecified atom stereocenters. The van der Waals surface area contributed by atoms with Crippen molar-refractivity contribution >= 4 is 18.3 Å². The van der Waals surface area contributed by atoms with Gasteiger partial charge in [-0.2, -0.15) is 0 Å². The highest BCUT2D eigenvalue weighted by molar-refractivity contribution is 5.85. The zero-order chi connectivity index (χ0) is 13.7. The van der Waals surface area contributed by atoms with Crippen molar-refractivity contribution in [2.75, 3.05) is 20.1 Å². The molecule has 1 N–H and O–H groups in total. The lowest BCUT2D eigenvalue weighted by Crippen LogP contribution is -2.35. The number of nitrogens with zero attached hydrogens (tertiary/aromatic N) is 1. The van der Waals surface area contributed by atoms with E-state index >= 15 is 0 Å². The van der Waals surface area contributed by atoms with Crippen molar-refractivity contribution in [2.45, 2.75) is 38.1 Å². The van der Waals surface area contributed by atoms with Crippen LogP contribution in [-0.4, -0.2) is 37.0 Å². The van der Waals surface area contributed by atoms with E-state index in [0.717, 1.165) is 25.9 Å². The Morgan fingerprint density at radius 3 is 2.70 bits per heavy atom. The molecule has 1 aliphatic heterocycles. The molecular formula is C16H25ClN2O. The number of rotatable bonds is 5. The predicted octanol–water partition coefficient (Wildman–Crippen LogP) is 2.81. The maximum absolute atomic E-state index is 12.2. The maximum Gasteiger partial charge on any atom is 0.222 e. The third kappa shape index (κ3) is 3.97. The lowest BCUT2D eigenvalue weighted by molar-refractivity contribution is -0.131. The van der Waals surface area contributed by atoms with Crippen LogP contribution in [0.4, 0.5) is 0 Å². The Morgan fingerprint density at radius 2 is 2.05 bits per heavy atom. The Bertz CT molecular complexity index is 410. The summed E-state index contributed by atoms with van der Waals surface area (Å²) in [4.78, 5) is 14.3. The van der Waals surface area contributed by atoms with Crippen LogP contribution in [0.5, 0.6) is 0 Å². The zero-order valence-electron chi connectivity index (χ0n) is 12.3. The average Bonchev–Trinajstić information content (AvgIpc) is 2.82. The zero-order valence-corrected chi connectivity index (χ0v) is 13.2. The van der Waals surface area contributed by atoms with Crippen molar-refractivity contribution in [1.29, 1.82) is 0 Å². The number of nitrogens with one attached hydrogen (secondary N) is 1. The summed E-state index contributed by atoms with van der Waals surface area (Å²) in [5.74, 6) is 0.802. The van der Waals surface area contributed by atoms with Gasteiger partial charge < -0.3 is 10.2 Å². The van der Waals surface area contributed by atoms with Gasteiger partial charge >= 0.3 is 0 Å². The first kappa shape index (κ1) is 17.0. The molecular weight excluding hydrogens is 272 g/mol. The first-order valence-corrected chi connectivity index (χ1v) is 7.23. The standard InChI is InChI=1S/C16H24N2O.ClH/c1-13-15(14-7-4-3-5-8-14)10-12-18(13)16(19)9-6-11-17-2;/h3-5,7-8,13,15,17H,6,9-12H2,1-2H3;1H. The van der Waals surface area contributed by atoms with Crippen LogP contribution in [0.1, 0.15) is 37.7 Å². The normalized spacial score (nSPS) is 21.6. The Morgan fingerprint density at radius 1 is 1.35 bits per heavy atom. The van der Waals surface area contributed by atoms with Crippen molar-refractivity contribution < 1.29 is 4.79 Å². The molecule has 0 radical (unpaired) electrons. The molecule has 0 saturated carbocycles. The van der Waals surface area contributed by atoms with E-state index in [0.29, 0.717) is 24.3 Å². The second-order valence-electron chi connectivity index (χ2n) is 5.34. The second-order valence-corrected chi connectivity index (χ2v) is 5.34. The molecule has 1 aromatic rings. The van der Waals surface area contributed by atoms with Crippen LogP contribution in [0.2, 0.25) is 0 Å². The third-order valence-electron chi connectivity index (χ3n) is 4.12. The minimum Gasteiger partial charge on any atom is -0.339 e. The van der Waals surface area contributed by atoms with E-state index in [9.17, 15) is 4.79 Å². The van der Waals surface area contributed by atoms with Gasteiger partial charge in [0.25, 0.3) is 0 Å². The van der Waals surface area contributed by atoms with Crippen molar-refractivity contribution in [3.8, 4) is 0 Å². The summed E-state index contributed by atoms with van der Waals surface area (Å²) in [5, 5.41) is 3.09. The predicted molar refractivity (Wildman–Crippen MR) is 85.4 cm³/mol. The topological polar surface area (TPSA) is 32.3 Å². The Kier molecular flexibility index (Phi) is 7.03. The van der Waals surface area contributed by atoms with E-state index in [-0.39, 0.29) is 12.4 Å². The van der Waals surface area contributed by atoms with Gasteiger partial charge in [-0.25, -0.2) is 0 Å². The molecule has 1 saturated heterocycles. The third-order valence-corrected chi connectivity index (χ3v) is 4.12. The van der Waals surface area contributed by atoms with Gasteiger partial charge in [-0.1, -0.05) is 30.3 Å². The van der Waals surface area contributed by atoms with E-state index < -0.39 is 0 Å².